The number of nitrogens with one attached hydrogen (secondary N) is 1. The molecule has 0 aliphatic rings. The molecule has 0 bridgehead atoms. The number of carbonyl (C=O) groups is 1. The standard InChI is InChI=1S/C25H24N4O4S/c1-16-14-19(34(32,33)28(3)4)15-22(17(16)2)26-24(30)23-20-12-8-9-13-21(20)25(31)29(27-23)18-10-6-5-7-11-18/h5-15H,1-4H3,(H,26,30). The summed E-state index contributed by atoms with van der Waals surface area (Å²) < 4.78 is 27.7. The summed E-state index contributed by atoms with van der Waals surface area (Å²) in [4.78, 5) is 26.6. The Kier molecular flexibility index (Phi) is 6.07. The second-order valence-electron chi connectivity index (χ2n) is 8.10. The summed E-state index contributed by atoms with van der Waals surface area (Å²) in [6, 6.07) is 18.6. The van der Waals surface area contributed by atoms with Gasteiger partial charge in [0.2, 0.25) is 10.0 Å². The van der Waals surface area contributed by atoms with E-state index in [9.17, 15) is 18.0 Å². The molecule has 0 saturated carbocycles. The Hall–Kier alpha value is -3.82. The van der Waals surface area contributed by atoms with Crippen LogP contribution in [0.15, 0.2) is 76.4 Å². The minimum atomic E-state index is -3.70. The maximum absolute atomic E-state index is 13.4. The maximum Gasteiger partial charge on any atom is 0.279 e. The first-order valence-corrected chi connectivity index (χ1v) is 12.0. The van der Waals surface area contributed by atoms with Crippen LogP contribution in [0.5, 0.6) is 0 Å². The number of nitrogens with zero attached hydrogens (tertiary/aromatic N) is 3. The Labute approximate surface area is 197 Å². The summed E-state index contributed by atoms with van der Waals surface area (Å²) in [6.45, 7) is 3.58. The molecule has 4 rings (SSSR count). The average molecular weight is 477 g/mol. The summed E-state index contributed by atoms with van der Waals surface area (Å²) >= 11 is 0. The van der Waals surface area contributed by atoms with Crippen molar-refractivity contribution in [1.82, 2.24) is 14.1 Å². The van der Waals surface area contributed by atoms with E-state index in [0.29, 0.717) is 27.7 Å². The molecule has 1 N–H and O–H groups in total. The molecule has 0 aliphatic carbocycles. The van der Waals surface area contributed by atoms with Gasteiger partial charge in [0.05, 0.1) is 16.0 Å². The van der Waals surface area contributed by atoms with Gasteiger partial charge in [-0.3, -0.25) is 9.59 Å². The number of fused-ring (bicyclic) bond motifs is 1. The first-order valence-electron chi connectivity index (χ1n) is 10.5. The van der Waals surface area contributed by atoms with Gasteiger partial charge in [0.1, 0.15) is 0 Å². The minimum absolute atomic E-state index is 0.0528. The predicted molar refractivity (Wildman–Crippen MR) is 132 cm³/mol. The number of anilines is 1. The van der Waals surface area contributed by atoms with Gasteiger partial charge < -0.3 is 5.32 Å². The van der Waals surface area contributed by atoms with Crippen LogP contribution >= 0.6 is 0 Å². The van der Waals surface area contributed by atoms with E-state index in [-0.39, 0.29) is 16.1 Å². The first kappa shape index (κ1) is 23.3. The average Bonchev–Trinajstić information content (AvgIpc) is 2.82. The Balaban J connectivity index is 1.86. The molecule has 0 unspecified atom stereocenters. The van der Waals surface area contributed by atoms with Gasteiger partial charge >= 0.3 is 0 Å². The van der Waals surface area contributed by atoms with Gasteiger partial charge in [-0.25, -0.2) is 12.7 Å². The van der Waals surface area contributed by atoms with Crippen LogP contribution in [0.1, 0.15) is 21.6 Å². The van der Waals surface area contributed by atoms with Crippen LogP contribution in [-0.4, -0.2) is 42.5 Å². The van der Waals surface area contributed by atoms with Crippen LogP contribution in [-0.2, 0) is 10.0 Å². The predicted octanol–water partition coefficient (Wildman–Crippen LogP) is 3.51. The highest BCUT2D eigenvalue weighted by molar-refractivity contribution is 7.89. The zero-order valence-electron chi connectivity index (χ0n) is 19.2. The van der Waals surface area contributed by atoms with Crippen LogP contribution < -0.4 is 10.9 Å². The van der Waals surface area contributed by atoms with E-state index in [2.05, 4.69) is 10.4 Å². The van der Waals surface area contributed by atoms with Crippen molar-refractivity contribution in [2.45, 2.75) is 18.7 Å². The molecule has 1 amide bonds. The summed E-state index contributed by atoms with van der Waals surface area (Å²) in [5, 5.41) is 7.95. The van der Waals surface area contributed by atoms with Gasteiger partial charge in [-0.15, -0.1) is 0 Å². The van der Waals surface area contributed by atoms with E-state index >= 15 is 0 Å². The molecule has 0 atom stereocenters. The number of carbonyl (C=O) groups excluding carboxylic acids is 1. The van der Waals surface area contributed by atoms with E-state index in [1.807, 2.05) is 6.07 Å². The number of aromatic nitrogens is 2. The van der Waals surface area contributed by atoms with Gasteiger partial charge in [0.15, 0.2) is 5.69 Å². The summed E-state index contributed by atoms with van der Waals surface area (Å²) in [5.41, 5.74) is 2.03. The highest BCUT2D eigenvalue weighted by atomic mass is 32.2. The van der Waals surface area contributed by atoms with E-state index in [1.54, 1.807) is 68.4 Å². The van der Waals surface area contributed by atoms with E-state index in [0.717, 1.165) is 9.87 Å². The molecular formula is C25H24N4O4S. The Morgan fingerprint density at radius 1 is 0.941 bits per heavy atom. The second kappa shape index (κ2) is 8.85. The largest absolute Gasteiger partial charge is 0.320 e. The third-order valence-electron chi connectivity index (χ3n) is 5.69. The third kappa shape index (κ3) is 4.11. The van der Waals surface area contributed by atoms with E-state index < -0.39 is 15.9 Å². The summed E-state index contributed by atoms with van der Waals surface area (Å²) in [5.74, 6) is -0.553. The highest BCUT2D eigenvalue weighted by Crippen LogP contribution is 2.26. The van der Waals surface area contributed by atoms with Gasteiger partial charge in [0, 0.05) is 25.2 Å². The summed E-state index contributed by atoms with van der Waals surface area (Å²) in [7, 11) is -0.801. The van der Waals surface area contributed by atoms with Crippen molar-refractivity contribution in [1.29, 1.82) is 0 Å². The smallest absolute Gasteiger partial charge is 0.279 e. The molecule has 4 aromatic rings. The van der Waals surface area contributed by atoms with Crippen LogP contribution in [0.3, 0.4) is 0 Å². The van der Waals surface area contributed by atoms with Crippen molar-refractivity contribution in [2.24, 2.45) is 0 Å². The van der Waals surface area contributed by atoms with Gasteiger partial charge in [-0.2, -0.15) is 9.78 Å². The topological polar surface area (TPSA) is 101 Å². The molecule has 8 nitrogen and oxygen atoms in total. The van der Waals surface area contributed by atoms with Crippen molar-refractivity contribution in [3.8, 4) is 5.69 Å². The molecule has 0 aliphatic heterocycles. The monoisotopic (exact) mass is 476 g/mol. The van der Waals surface area contributed by atoms with E-state index in [4.69, 9.17) is 0 Å². The molecule has 1 aromatic heterocycles. The van der Waals surface area contributed by atoms with Crippen molar-refractivity contribution in [2.75, 3.05) is 19.4 Å². The third-order valence-corrected chi connectivity index (χ3v) is 7.48. The molecule has 174 valence electrons. The quantitative estimate of drug-likeness (QED) is 0.475. The molecule has 34 heavy (non-hydrogen) atoms. The lowest BCUT2D eigenvalue weighted by Gasteiger charge is -2.17. The fourth-order valence-corrected chi connectivity index (χ4v) is 4.61. The minimum Gasteiger partial charge on any atom is -0.320 e. The normalized spacial score (nSPS) is 11.7. The number of hydrogen-bond donors (Lipinski definition) is 1. The number of para-hydroxylation sites is 1. The van der Waals surface area contributed by atoms with Crippen LogP contribution in [0.2, 0.25) is 0 Å². The van der Waals surface area contributed by atoms with Crippen LogP contribution in [0.25, 0.3) is 16.5 Å². The van der Waals surface area contributed by atoms with Gasteiger partial charge in [-0.1, -0.05) is 36.4 Å². The fourth-order valence-electron chi connectivity index (χ4n) is 3.60. The fraction of sp³-hybridized carbons (Fsp3) is 0.160. The molecule has 0 radical (unpaired) electrons. The highest BCUT2D eigenvalue weighted by Gasteiger charge is 2.22. The number of aryl methyl sites for hydroxylation is 1. The molecule has 0 saturated heterocycles. The SMILES string of the molecule is Cc1cc(S(=O)(=O)N(C)C)cc(NC(=O)c2nn(-c3ccccc3)c(=O)c3ccccc23)c1C. The number of benzene rings is 3. The van der Waals surface area contributed by atoms with Gasteiger partial charge in [0.25, 0.3) is 11.5 Å². The maximum atomic E-state index is 13.4. The molecule has 3 aromatic carbocycles. The number of amides is 1. The van der Waals surface area contributed by atoms with Crippen molar-refractivity contribution < 1.29 is 13.2 Å². The molecular weight excluding hydrogens is 452 g/mol. The Bertz CT molecular complexity index is 1580. The zero-order chi connectivity index (χ0) is 24.6. The van der Waals surface area contributed by atoms with Gasteiger partial charge in [-0.05, 0) is 55.3 Å². The van der Waals surface area contributed by atoms with Crippen LogP contribution in [0, 0.1) is 13.8 Å². The Morgan fingerprint density at radius 3 is 2.21 bits per heavy atom. The van der Waals surface area contributed by atoms with Crippen LogP contribution in [0.4, 0.5) is 5.69 Å². The zero-order valence-corrected chi connectivity index (χ0v) is 20.1. The lowest BCUT2D eigenvalue weighted by molar-refractivity contribution is 0.102. The molecule has 0 fully saturated rings. The number of rotatable bonds is 5. The molecule has 9 heteroatoms. The summed E-state index contributed by atoms with van der Waals surface area (Å²) in [6.07, 6.45) is 0. The first-order chi connectivity index (χ1) is 16.1. The lowest BCUT2D eigenvalue weighted by Crippen LogP contribution is -2.27. The number of hydrogen-bond acceptors (Lipinski definition) is 5. The number of sulfonamides is 1. The Morgan fingerprint density at radius 2 is 1.56 bits per heavy atom. The van der Waals surface area contributed by atoms with Crippen molar-refractivity contribution in [3.05, 3.63) is 93.9 Å². The van der Waals surface area contributed by atoms with Crippen molar-refractivity contribution in [3.63, 3.8) is 0 Å². The lowest BCUT2D eigenvalue weighted by atomic mass is 10.1. The van der Waals surface area contributed by atoms with Crippen molar-refractivity contribution >= 4 is 32.4 Å². The molecule has 1 heterocycles. The van der Waals surface area contributed by atoms with E-state index in [1.165, 1.54) is 24.8 Å². The second-order valence-corrected chi connectivity index (χ2v) is 10.3. The molecule has 0 spiro atoms.